The van der Waals surface area contributed by atoms with Crippen LogP contribution in [0.1, 0.15) is 11.1 Å². The summed E-state index contributed by atoms with van der Waals surface area (Å²) < 4.78 is 0. The minimum atomic E-state index is 0.892. The van der Waals surface area contributed by atoms with Crippen molar-refractivity contribution in [3.05, 3.63) is 73.1 Å². The van der Waals surface area contributed by atoms with Crippen LogP contribution < -0.4 is 15.8 Å². The highest BCUT2D eigenvalue weighted by Crippen LogP contribution is 2.40. The van der Waals surface area contributed by atoms with Gasteiger partial charge in [-0.2, -0.15) is 0 Å². The van der Waals surface area contributed by atoms with Crippen LogP contribution in [0.3, 0.4) is 0 Å². The molecule has 0 amide bonds. The predicted octanol–water partition coefficient (Wildman–Crippen LogP) is 2.36. The lowest BCUT2D eigenvalue weighted by Crippen LogP contribution is -2.37. The highest BCUT2D eigenvalue weighted by Gasteiger charge is 2.22. The molecular weight excluding hydrogens is 276 g/mol. The van der Waals surface area contributed by atoms with Crippen LogP contribution in [0.5, 0.6) is 0 Å². The Balaban J connectivity index is 2.24. The Morgan fingerprint density at radius 3 is 2.35 bits per heavy atom. The van der Waals surface area contributed by atoms with Crippen LogP contribution in [0, 0.1) is 0 Å². The van der Waals surface area contributed by atoms with Crippen molar-refractivity contribution in [3.63, 3.8) is 0 Å². The highest BCUT2D eigenvalue weighted by atomic mass is 15.1. The van der Waals surface area contributed by atoms with Crippen LogP contribution in [-0.4, -0.2) is 21.6 Å². The Hall–Kier alpha value is -2.41. The summed E-state index contributed by atoms with van der Waals surface area (Å²) in [5.41, 5.74) is 9.18. The van der Waals surface area contributed by atoms with E-state index in [4.69, 9.17) is 0 Å². The maximum atomic E-state index is 3.96. The smallest absolute Gasteiger partial charge is 0.181 e. The Kier molecular flexibility index (Phi) is 4.29. The summed E-state index contributed by atoms with van der Waals surface area (Å²) in [6, 6.07) is 11.1. The van der Waals surface area contributed by atoms with Gasteiger partial charge in [0, 0.05) is 19.2 Å². The molecule has 0 saturated heterocycles. The molecule has 0 unspecified atom stereocenters. The molecule has 0 fully saturated rings. The van der Waals surface area contributed by atoms with Gasteiger partial charge < -0.3 is 4.90 Å². The van der Waals surface area contributed by atoms with Crippen molar-refractivity contribution in [2.75, 3.05) is 11.9 Å². The largest absolute Gasteiger partial charge is 0.369 e. The average Bonchev–Trinajstić information content (AvgIpc) is 2.56. The number of benzene rings is 2. The third-order valence-corrected chi connectivity index (χ3v) is 4.52. The molecule has 2 aromatic rings. The van der Waals surface area contributed by atoms with Crippen molar-refractivity contribution in [1.29, 1.82) is 0 Å². The van der Waals surface area contributed by atoms with Crippen molar-refractivity contribution in [2.45, 2.75) is 6.54 Å². The maximum Gasteiger partial charge on any atom is 0.181 e. The van der Waals surface area contributed by atoms with Crippen molar-refractivity contribution in [3.8, 4) is 11.1 Å². The van der Waals surface area contributed by atoms with E-state index in [2.05, 4.69) is 62.0 Å². The molecule has 3 rings (SSSR count). The molecule has 0 N–H and O–H groups in total. The van der Waals surface area contributed by atoms with Gasteiger partial charge in [-0.3, -0.25) is 0 Å². The van der Waals surface area contributed by atoms with Gasteiger partial charge in [0.2, 0.25) is 0 Å². The number of anilines is 1. The summed E-state index contributed by atoms with van der Waals surface area (Å²) in [5.74, 6) is 3.95. The van der Waals surface area contributed by atoms with Gasteiger partial charge in [0.15, 0.2) is 14.6 Å². The van der Waals surface area contributed by atoms with Crippen molar-refractivity contribution >= 4 is 37.2 Å². The molecule has 0 atom stereocenters. The van der Waals surface area contributed by atoms with Crippen molar-refractivity contribution < 1.29 is 0 Å². The van der Waals surface area contributed by atoms with Gasteiger partial charge in [-0.15, -0.1) is 25.1 Å². The lowest BCUT2D eigenvalue weighted by Gasteiger charge is -2.32. The van der Waals surface area contributed by atoms with E-state index in [1.807, 2.05) is 18.0 Å². The second-order valence-corrected chi connectivity index (χ2v) is 6.07. The monoisotopic (exact) mass is 297 g/mol. The van der Waals surface area contributed by atoms with Crippen molar-refractivity contribution in [1.82, 2.24) is 0 Å². The lowest BCUT2D eigenvalue weighted by atomic mass is 9.57. The number of hydrogen-bond acceptors (Lipinski definition) is 1. The summed E-state index contributed by atoms with van der Waals surface area (Å²) >= 11 is 0. The first-order chi connectivity index (χ1) is 11.2. The minimum Gasteiger partial charge on any atom is -0.369 e. The Bertz CT molecular complexity index is 792. The first kappa shape index (κ1) is 15.5. The average molecular weight is 297 g/mol. The van der Waals surface area contributed by atoms with Crippen LogP contribution in [-0.2, 0) is 6.54 Å². The summed E-state index contributed by atoms with van der Waals surface area (Å²) in [6.07, 6.45) is 1.94. The number of hydrogen-bond donors (Lipinski definition) is 0. The van der Waals surface area contributed by atoms with E-state index >= 15 is 0 Å². The molecule has 112 valence electrons. The molecule has 0 spiro atoms. The second-order valence-electron chi connectivity index (χ2n) is 6.07. The molecule has 1 nitrogen and oxygen atoms in total. The minimum absolute atomic E-state index is 0.892. The van der Waals surface area contributed by atoms with E-state index in [0.717, 1.165) is 21.1 Å². The summed E-state index contributed by atoms with van der Waals surface area (Å²) in [4.78, 5) is 2.32. The standard InChI is InChI=1S/C20H21B2N/c1-5-14-9-8-10-16-17-12-19(22-7-3)18(21-6-2)11-15(17)13-23(4)20(14)16/h5-12,21-22H,1-3,13H2,4H3. The van der Waals surface area contributed by atoms with Crippen LogP contribution in [0.25, 0.3) is 17.2 Å². The third kappa shape index (κ3) is 2.68. The van der Waals surface area contributed by atoms with Crippen molar-refractivity contribution in [2.24, 2.45) is 0 Å². The number of rotatable bonds is 5. The fourth-order valence-electron chi connectivity index (χ4n) is 3.52. The predicted molar refractivity (Wildman–Crippen MR) is 108 cm³/mol. The summed E-state index contributed by atoms with van der Waals surface area (Å²) in [7, 11) is 3.95. The van der Waals surface area contributed by atoms with Gasteiger partial charge in [-0.1, -0.05) is 53.9 Å². The van der Waals surface area contributed by atoms with Crippen LogP contribution in [0.15, 0.2) is 62.0 Å². The second kappa shape index (κ2) is 6.37. The fraction of sp³-hybridized carbons (Fsp3) is 0.100. The zero-order valence-corrected chi connectivity index (χ0v) is 13.8. The Labute approximate surface area is 140 Å². The van der Waals surface area contributed by atoms with E-state index in [1.165, 1.54) is 38.9 Å². The molecule has 1 aliphatic rings. The van der Waals surface area contributed by atoms with Gasteiger partial charge in [0.1, 0.15) is 0 Å². The molecule has 1 aliphatic heterocycles. The fourth-order valence-corrected chi connectivity index (χ4v) is 3.52. The normalized spacial score (nSPS) is 12.0. The number of fused-ring (bicyclic) bond motifs is 3. The molecule has 2 aromatic carbocycles. The topological polar surface area (TPSA) is 3.24 Å². The molecule has 0 aliphatic carbocycles. The van der Waals surface area contributed by atoms with Gasteiger partial charge in [-0.25, -0.2) is 0 Å². The van der Waals surface area contributed by atoms with Crippen LogP contribution in [0.4, 0.5) is 5.69 Å². The molecule has 1 heterocycles. The maximum absolute atomic E-state index is 3.96. The van der Waals surface area contributed by atoms with E-state index in [9.17, 15) is 0 Å². The third-order valence-electron chi connectivity index (χ3n) is 4.52. The van der Waals surface area contributed by atoms with Gasteiger partial charge in [-0.05, 0) is 16.7 Å². The molecule has 0 aromatic heterocycles. The van der Waals surface area contributed by atoms with Gasteiger partial charge >= 0.3 is 0 Å². The zero-order valence-electron chi connectivity index (χ0n) is 13.8. The van der Waals surface area contributed by atoms with Crippen LogP contribution >= 0.6 is 0 Å². The van der Waals surface area contributed by atoms with E-state index in [0.29, 0.717) is 0 Å². The number of nitrogens with zero attached hydrogens (tertiary/aromatic N) is 1. The van der Waals surface area contributed by atoms with E-state index in [-0.39, 0.29) is 0 Å². The van der Waals surface area contributed by atoms with E-state index in [1.54, 1.807) is 0 Å². The molecule has 0 saturated carbocycles. The summed E-state index contributed by atoms with van der Waals surface area (Å²) in [5, 5.41) is 0. The summed E-state index contributed by atoms with van der Waals surface area (Å²) in [6.45, 7) is 12.7. The highest BCUT2D eigenvalue weighted by molar-refractivity contribution is 6.71. The quantitative estimate of drug-likeness (QED) is 0.766. The molecule has 23 heavy (non-hydrogen) atoms. The Morgan fingerprint density at radius 1 is 1.00 bits per heavy atom. The Morgan fingerprint density at radius 2 is 1.70 bits per heavy atom. The SMILES string of the molecule is C=CBc1cc2c(cc1BC=C)-c1cccc(C=C)c1N(C)C2. The number of para-hydroxylation sites is 1. The first-order valence-electron chi connectivity index (χ1n) is 8.03. The van der Waals surface area contributed by atoms with Gasteiger partial charge in [0.05, 0.1) is 5.69 Å². The molecular formula is C20H21B2N. The molecule has 3 heteroatoms. The van der Waals surface area contributed by atoms with E-state index < -0.39 is 0 Å². The lowest BCUT2D eigenvalue weighted by molar-refractivity contribution is 0.911. The first-order valence-corrected chi connectivity index (χ1v) is 8.03. The molecule has 0 radical (unpaired) electrons. The zero-order chi connectivity index (χ0) is 16.4. The van der Waals surface area contributed by atoms with Gasteiger partial charge in [0.25, 0.3) is 0 Å². The molecule has 0 bridgehead atoms. The van der Waals surface area contributed by atoms with Crippen LogP contribution in [0.2, 0.25) is 0 Å².